The van der Waals surface area contributed by atoms with Crippen LogP contribution in [0, 0.1) is 0 Å². The topological polar surface area (TPSA) is 172 Å². The summed E-state index contributed by atoms with van der Waals surface area (Å²) in [7, 11) is 0.0248. The molecule has 0 aliphatic rings. The van der Waals surface area contributed by atoms with Crippen molar-refractivity contribution in [2.24, 2.45) is 14.1 Å². The highest BCUT2D eigenvalue weighted by atomic mass is 32.2. The van der Waals surface area contributed by atoms with Gasteiger partial charge in [0.2, 0.25) is 17.7 Å². The van der Waals surface area contributed by atoms with Gasteiger partial charge in [-0.25, -0.2) is 14.5 Å². The summed E-state index contributed by atoms with van der Waals surface area (Å²) in [6, 6.07) is 0.551. The maximum atomic E-state index is 12.8. The van der Waals surface area contributed by atoms with Crippen LogP contribution in [0.15, 0.2) is 17.3 Å². The van der Waals surface area contributed by atoms with Gasteiger partial charge < -0.3 is 4.74 Å². The lowest BCUT2D eigenvalue weighted by Gasteiger charge is -2.10. The molecule has 154 valence electrons. The number of hydrogen-bond donors (Lipinski definition) is 2. The van der Waals surface area contributed by atoms with E-state index in [0.717, 1.165) is 4.68 Å². The monoisotopic (exact) mass is 422 g/mol. The number of urea groups is 1. The van der Waals surface area contributed by atoms with Crippen molar-refractivity contribution in [3.63, 3.8) is 0 Å². The second-order valence-electron chi connectivity index (χ2n) is 5.73. The molecule has 0 unspecified atom stereocenters. The van der Waals surface area contributed by atoms with Crippen molar-refractivity contribution in [3.8, 4) is 17.3 Å². The first-order chi connectivity index (χ1) is 13.7. The van der Waals surface area contributed by atoms with Crippen molar-refractivity contribution in [1.82, 2.24) is 44.7 Å². The lowest BCUT2D eigenvalue weighted by molar-refractivity contribution is 0.256. The number of anilines is 1. The third kappa shape index (κ3) is 4.29. The molecule has 0 aromatic carbocycles. The molecule has 3 rings (SSSR count). The SMILES string of the molecule is CCc1cc(OC)nc(NC(=O)NS(=O)(=O)c2c(-c3nnn(C)n3)cnn2C)n1. The van der Waals surface area contributed by atoms with Gasteiger partial charge in [0, 0.05) is 18.8 Å². The molecule has 14 nitrogen and oxygen atoms in total. The summed E-state index contributed by atoms with van der Waals surface area (Å²) in [5, 5.41) is 17.3. The van der Waals surface area contributed by atoms with Crippen molar-refractivity contribution in [3.05, 3.63) is 18.0 Å². The summed E-state index contributed by atoms with van der Waals surface area (Å²) in [5.74, 6) is 0.178. The molecule has 0 radical (unpaired) electrons. The number of nitrogens with zero attached hydrogens (tertiary/aromatic N) is 8. The molecule has 0 aliphatic heterocycles. The first-order valence-electron chi connectivity index (χ1n) is 8.25. The first kappa shape index (κ1) is 20.1. The lowest BCUT2D eigenvalue weighted by Crippen LogP contribution is -2.36. The van der Waals surface area contributed by atoms with E-state index in [-0.39, 0.29) is 28.2 Å². The van der Waals surface area contributed by atoms with E-state index >= 15 is 0 Å². The molecule has 2 N–H and O–H groups in total. The average Bonchev–Trinajstić information content (AvgIpc) is 3.26. The Morgan fingerprint density at radius 3 is 2.66 bits per heavy atom. The van der Waals surface area contributed by atoms with Crippen molar-refractivity contribution in [2.45, 2.75) is 18.4 Å². The number of methoxy groups -OCH3 is 1. The smallest absolute Gasteiger partial charge is 0.335 e. The van der Waals surface area contributed by atoms with Crippen molar-refractivity contribution in [2.75, 3.05) is 12.4 Å². The third-order valence-corrected chi connectivity index (χ3v) is 5.11. The van der Waals surface area contributed by atoms with Crippen LogP contribution in [0.25, 0.3) is 11.4 Å². The van der Waals surface area contributed by atoms with Gasteiger partial charge in [0.05, 0.1) is 25.9 Å². The minimum absolute atomic E-state index is 0.0464. The number of rotatable bonds is 6. The van der Waals surface area contributed by atoms with Gasteiger partial charge in [-0.05, 0) is 11.6 Å². The largest absolute Gasteiger partial charge is 0.481 e. The molecule has 3 aromatic heterocycles. The van der Waals surface area contributed by atoms with Crippen LogP contribution in [0.3, 0.4) is 0 Å². The molecule has 0 spiro atoms. The van der Waals surface area contributed by atoms with Crippen LogP contribution in [-0.2, 0) is 30.5 Å². The van der Waals surface area contributed by atoms with Crippen molar-refractivity contribution >= 4 is 22.0 Å². The van der Waals surface area contributed by atoms with E-state index in [9.17, 15) is 13.2 Å². The molecule has 15 heteroatoms. The van der Waals surface area contributed by atoms with Gasteiger partial charge in [-0.2, -0.15) is 23.3 Å². The number of ether oxygens (including phenoxy) is 1. The van der Waals surface area contributed by atoms with E-state index < -0.39 is 16.1 Å². The number of carbonyl (C=O) groups excluding carboxylic acids is 1. The van der Waals surface area contributed by atoms with Crippen molar-refractivity contribution < 1.29 is 17.9 Å². The Balaban J connectivity index is 1.85. The van der Waals surface area contributed by atoms with Crippen LogP contribution in [0.5, 0.6) is 5.88 Å². The van der Waals surface area contributed by atoms with Gasteiger partial charge >= 0.3 is 6.03 Å². The zero-order valence-corrected chi connectivity index (χ0v) is 16.8. The Bertz CT molecular complexity index is 1130. The summed E-state index contributed by atoms with van der Waals surface area (Å²) in [5.41, 5.74) is 0.699. The molecule has 29 heavy (non-hydrogen) atoms. The fourth-order valence-corrected chi connectivity index (χ4v) is 3.62. The average molecular weight is 422 g/mol. The Kier molecular flexibility index (Phi) is 5.40. The highest BCUT2D eigenvalue weighted by molar-refractivity contribution is 7.90. The summed E-state index contributed by atoms with van der Waals surface area (Å²) in [6.07, 6.45) is 1.83. The Morgan fingerprint density at radius 1 is 1.28 bits per heavy atom. The summed E-state index contributed by atoms with van der Waals surface area (Å²) in [6.45, 7) is 1.86. The van der Waals surface area contributed by atoms with Crippen LogP contribution in [-0.4, -0.2) is 61.5 Å². The predicted molar refractivity (Wildman–Crippen MR) is 98.3 cm³/mol. The Labute approximate surface area is 165 Å². The highest BCUT2D eigenvalue weighted by Gasteiger charge is 2.28. The number of hydrogen-bond acceptors (Lipinski definition) is 10. The molecule has 0 fully saturated rings. The quantitative estimate of drug-likeness (QED) is 0.526. The number of carbonyl (C=O) groups is 1. The molecule has 0 bridgehead atoms. The van der Waals surface area contributed by atoms with Crippen LogP contribution >= 0.6 is 0 Å². The van der Waals surface area contributed by atoms with Crippen LogP contribution < -0.4 is 14.8 Å². The number of aromatic nitrogens is 8. The Hall–Kier alpha value is -3.62. The summed E-state index contributed by atoms with van der Waals surface area (Å²) >= 11 is 0. The van der Waals surface area contributed by atoms with Crippen molar-refractivity contribution in [1.29, 1.82) is 0 Å². The second-order valence-corrected chi connectivity index (χ2v) is 7.33. The van der Waals surface area contributed by atoms with E-state index in [1.54, 1.807) is 6.07 Å². The van der Waals surface area contributed by atoms with Gasteiger partial charge in [0.15, 0.2) is 5.03 Å². The standard InChI is InChI=1S/C14H18N10O4S/c1-5-8-6-10(28-4)17-13(16-8)18-14(25)21-29(26,27)12-9(7-15-23(12)2)11-19-22-24(3)20-11/h6-7H,5H2,1-4H3,(H2,16,17,18,21,25). The van der Waals surface area contributed by atoms with Crippen LogP contribution in [0.4, 0.5) is 10.7 Å². The number of nitrogens with one attached hydrogen (secondary N) is 2. The Morgan fingerprint density at radius 2 is 2.03 bits per heavy atom. The van der Waals surface area contributed by atoms with E-state index in [4.69, 9.17) is 4.74 Å². The van der Waals surface area contributed by atoms with E-state index in [2.05, 4.69) is 35.8 Å². The fourth-order valence-electron chi connectivity index (χ4n) is 2.40. The number of tetrazole rings is 1. The summed E-state index contributed by atoms with van der Waals surface area (Å²) < 4.78 is 33.6. The maximum absolute atomic E-state index is 12.8. The molecule has 0 saturated carbocycles. The molecule has 0 aliphatic carbocycles. The normalized spacial score (nSPS) is 11.3. The minimum atomic E-state index is -4.33. The van der Waals surface area contributed by atoms with Crippen LogP contribution in [0.1, 0.15) is 12.6 Å². The molecule has 2 amide bonds. The van der Waals surface area contributed by atoms with E-state index in [0.29, 0.717) is 12.1 Å². The van der Waals surface area contributed by atoms with E-state index in [1.807, 2.05) is 11.6 Å². The molecular weight excluding hydrogens is 404 g/mol. The fraction of sp³-hybridized carbons (Fsp3) is 0.357. The number of sulfonamides is 1. The first-order valence-corrected chi connectivity index (χ1v) is 9.74. The van der Waals surface area contributed by atoms with Gasteiger partial charge in [0.1, 0.15) is 0 Å². The zero-order valence-electron chi connectivity index (χ0n) is 16.0. The summed E-state index contributed by atoms with van der Waals surface area (Å²) in [4.78, 5) is 21.5. The molecule has 3 heterocycles. The van der Waals surface area contributed by atoms with Crippen LogP contribution in [0.2, 0.25) is 0 Å². The predicted octanol–water partition coefficient (Wildman–Crippen LogP) is -0.518. The minimum Gasteiger partial charge on any atom is -0.481 e. The molecule has 0 saturated heterocycles. The third-order valence-electron chi connectivity index (χ3n) is 3.67. The molecule has 3 aromatic rings. The lowest BCUT2D eigenvalue weighted by atomic mass is 10.3. The number of amides is 2. The molecule has 0 atom stereocenters. The van der Waals surface area contributed by atoms with Gasteiger partial charge in [-0.15, -0.1) is 10.2 Å². The van der Waals surface area contributed by atoms with Gasteiger partial charge in [-0.3, -0.25) is 10.00 Å². The number of aryl methyl sites for hydroxylation is 3. The highest BCUT2D eigenvalue weighted by Crippen LogP contribution is 2.23. The van der Waals surface area contributed by atoms with E-state index in [1.165, 1.54) is 32.2 Å². The zero-order chi connectivity index (χ0) is 21.2. The van der Waals surface area contributed by atoms with Gasteiger partial charge in [0.25, 0.3) is 10.0 Å². The molecular formula is C14H18N10O4S. The second kappa shape index (κ2) is 7.78. The maximum Gasteiger partial charge on any atom is 0.335 e. The van der Waals surface area contributed by atoms with Gasteiger partial charge in [-0.1, -0.05) is 6.92 Å².